The summed E-state index contributed by atoms with van der Waals surface area (Å²) >= 11 is 0. The van der Waals surface area contributed by atoms with E-state index in [1.165, 1.54) is 50.5 Å². The molecule has 0 radical (unpaired) electrons. The van der Waals surface area contributed by atoms with Gasteiger partial charge in [0.05, 0.1) is 6.61 Å². The van der Waals surface area contributed by atoms with E-state index in [2.05, 4.69) is 35.6 Å². The molecule has 2 fully saturated rings. The van der Waals surface area contributed by atoms with Crippen molar-refractivity contribution in [2.24, 2.45) is 0 Å². The van der Waals surface area contributed by atoms with Gasteiger partial charge in [0.15, 0.2) is 0 Å². The summed E-state index contributed by atoms with van der Waals surface area (Å²) in [6, 6.07) is 11.7. The van der Waals surface area contributed by atoms with Crippen molar-refractivity contribution in [1.82, 2.24) is 5.32 Å². The van der Waals surface area contributed by atoms with Crippen molar-refractivity contribution in [3.8, 4) is 0 Å². The zero-order chi connectivity index (χ0) is 13.7. The quantitative estimate of drug-likeness (QED) is 0.904. The van der Waals surface area contributed by atoms with Crippen LogP contribution < -0.4 is 5.32 Å². The number of rotatable bonds is 4. The van der Waals surface area contributed by atoms with Crippen molar-refractivity contribution >= 4 is 0 Å². The Labute approximate surface area is 122 Å². The van der Waals surface area contributed by atoms with Crippen LogP contribution in [0.3, 0.4) is 0 Å². The van der Waals surface area contributed by atoms with Crippen LogP contribution in [-0.4, -0.2) is 25.8 Å². The number of hydrogen-bond donors (Lipinski definition) is 1. The van der Waals surface area contributed by atoms with Crippen molar-refractivity contribution in [3.63, 3.8) is 0 Å². The highest BCUT2D eigenvalue weighted by Gasteiger charge is 2.34. The van der Waals surface area contributed by atoms with Crippen LogP contribution in [0.4, 0.5) is 0 Å². The van der Waals surface area contributed by atoms with Gasteiger partial charge in [-0.1, -0.05) is 49.6 Å². The van der Waals surface area contributed by atoms with Crippen LogP contribution in [0.15, 0.2) is 30.3 Å². The van der Waals surface area contributed by atoms with E-state index in [9.17, 15) is 0 Å². The molecule has 3 rings (SSSR count). The van der Waals surface area contributed by atoms with E-state index >= 15 is 0 Å². The SMILES string of the molecule is c1ccc(C2(CN[C@H]3CCCOC3)CCCCC2)cc1. The lowest BCUT2D eigenvalue weighted by atomic mass is 9.69. The molecule has 110 valence electrons. The van der Waals surface area contributed by atoms with Gasteiger partial charge in [0.25, 0.3) is 0 Å². The molecule has 1 aliphatic carbocycles. The first-order chi connectivity index (χ1) is 9.89. The predicted octanol–water partition coefficient (Wildman–Crippen LogP) is 3.66. The maximum absolute atomic E-state index is 5.60. The largest absolute Gasteiger partial charge is 0.380 e. The van der Waals surface area contributed by atoms with Crippen molar-refractivity contribution in [2.45, 2.75) is 56.4 Å². The third-order valence-electron chi connectivity index (χ3n) is 5.09. The lowest BCUT2D eigenvalue weighted by Gasteiger charge is -2.39. The summed E-state index contributed by atoms with van der Waals surface area (Å²) in [7, 11) is 0. The molecule has 0 bridgehead atoms. The van der Waals surface area contributed by atoms with Crippen LogP contribution >= 0.6 is 0 Å². The standard InChI is InChI=1S/C18H27NO/c1-3-8-16(9-4-1)18(11-5-2-6-12-18)15-19-17-10-7-13-20-14-17/h1,3-4,8-9,17,19H,2,5-7,10-15H2/t17-/m0/s1. The fraction of sp³-hybridized carbons (Fsp3) is 0.667. The van der Waals surface area contributed by atoms with E-state index in [0.29, 0.717) is 11.5 Å². The van der Waals surface area contributed by atoms with E-state index in [1.807, 2.05) is 0 Å². The summed E-state index contributed by atoms with van der Waals surface area (Å²) in [5.74, 6) is 0. The van der Waals surface area contributed by atoms with E-state index in [1.54, 1.807) is 0 Å². The molecule has 1 saturated heterocycles. The predicted molar refractivity (Wildman–Crippen MR) is 83.0 cm³/mol. The zero-order valence-electron chi connectivity index (χ0n) is 12.4. The van der Waals surface area contributed by atoms with Gasteiger partial charge in [0.2, 0.25) is 0 Å². The molecule has 1 heterocycles. The zero-order valence-corrected chi connectivity index (χ0v) is 12.4. The fourth-order valence-corrected chi connectivity index (χ4v) is 3.83. The van der Waals surface area contributed by atoms with Crippen molar-refractivity contribution < 1.29 is 4.74 Å². The molecule has 1 aromatic rings. The summed E-state index contributed by atoms with van der Waals surface area (Å²) < 4.78 is 5.60. The number of hydrogen-bond acceptors (Lipinski definition) is 2. The van der Waals surface area contributed by atoms with Crippen LogP contribution in [0.5, 0.6) is 0 Å². The highest BCUT2D eigenvalue weighted by atomic mass is 16.5. The smallest absolute Gasteiger partial charge is 0.0619 e. The first kappa shape index (κ1) is 14.1. The Morgan fingerprint density at radius 2 is 1.85 bits per heavy atom. The monoisotopic (exact) mass is 273 g/mol. The number of benzene rings is 1. The average Bonchev–Trinajstić information content (AvgIpc) is 2.56. The number of nitrogens with one attached hydrogen (secondary N) is 1. The average molecular weight is 273 g/mol. The van der Waals surface area contributed by atoms with E-state index in [4.69, 9.17) is 4.74 Å². The minimum atomic E-state index is 0.358. The molecular formula is C18H27NO. The van der Waals surface area contributed by atoms with Crippen LogP contribution in [0.1, 0.15) is 50.5 Å². The molecule has 2 heteroatoms. The van der Waals surface area contributed by atoms with Gasteiger partial charge in [0.1, 0.15) is 0 Å². The first-order valence-corrected chi connectivity index (χ1v) is 8.26. The third-order valence-corrected chi connectivity index (χ3v) is 5.09. The van der Waals surface area contributed by atoms with E-state index < -0.39 is 0 Å². The molecule has 20 heavy (non-hydrogen) atoms. The van der Waals surface area contributed by atoms with Gasteiger partial charge in [-0.15, -0.1) is 0 Å². The lowest BCUT2D eigenvalue weighted by molar-refractivity contribution is 0.0669. The second-order valence-corrected chi connectivity index (χ2v) is 6.50. The summed E-state index contributed by atoms with van der Waals surface area (Å²) in [6.45, 7) is 2.96. The second-order valence-electron chi connectivity index (χ2n) is 6.50. The van der Waals surface area contributed by atoms with Gasteiger partial charge < -0.3 is 10.1 Å². The molecule has 1 atom stereocenters. The van der Waals surface area contributed by atoms with Gasteiger partial charge in [-0.05, 0) is 31.2 Å². The molecular weight excluding hydrogens is 246 g/mol. The highest BCUT2D eigenvalue weighted by Crippen LogP contribution is 2.39. The molecule has 1 N–H and O–H groups in total. The summed E-state index contributed by atoms with van der Waals surface area (Å²) in [5, 5.41) is 3.81. The fourth-order valence-electron chi connectivity index (χ4n) is 3.83. The lowest BCUT2D eigenvalue weighted by Crippen LogP contribution is -2.46. The van der Waals surface area contributed by atoms with Crippen LogP contribution in [0.25, 0.3) is 0 Å². The highest BCUT2D eigenvalue weighted by molar-refractivity contribution is 5.26. The Bertz CT molecular complexity index is 391. The van der Waals surface area contributed by atoms with Gasteiger partial charge in [-0.25, -0.2) is 0 Å². The Hall–Kier alpha value is -0.860. The second kappa shape index (κ2) is 6.73. The third kappa shape index (κ3) is 3.24. The van der Waals surface area contributed by atoms with Crippen molar-refractivity contribution in [3.05, 3.63) is 35.9 Å². The molecule has 2 aliphatic rings. The van der Waals surface area contributed by atoms with Crippen molar-refractivity contribution in [1.29, 1.82) is 0 Å². The number of ether oxygens (including phenoxy) is 1. The van der Waals surface area contributed by atoms with Crippen LogP contribution in [-0.2, 0) is 10.2 Å². The van der Waals surface area contributed by atoms with E-state index in [-0.39, 0.29) is 0 Å². The maximum Gasteiger partial charge on any atom is 0.0619 e. The minimum Gasteiger partial charge on any atom is -0.380 e. The molecule has 0 aromatic heterocycles. The maximum atomic E-state index is 5.60. The summed E-state index contributed by atoms with van der Waals surface area (Å²) in [5.41, 5.74) is 1.89. The minimum absolute atomic E-state index is 0.358. The molecule has 2 nitrogen and oxygen atoms in total. The summed E-state index contributed by atoms with van der Waals surface area (Å²) in [4.78, 5) is 0. The van der Waals surface area contributed by atoms with Crippen molar-refractivity contribution in [2.75, 3.05) is 19.8 Å². The van der Waals surface area contributed by atoms with Gasteiger partial charge >= 0.3 is 0 Å². The van der Waals surface area contributed by atoms with E-state index in [0.717, 1.165) is 19.8 Å². The molecule has 0 spiro atoms. The molecule has 0 unspecified atom stereocenters. The summed E-state index contributed by atoms with van der Waals surface area (Å²) in [6.07, 6.45) is 9.28. The molecule has 0 amide bonds. The molecule has 1 saturated carbocycles. The normalized spacial score (nSPS) is 26.3. The van der Waals surface area contributed by atoms with Gasteiger partial charge in [-0.2, -0.15) is 0 Å². The first-order valence-electron chi connectivity index (χ1n) is 8.26. The van der Waals surface area contributed by atoms with Gasteiger partial charge in [-0.3, -0.25) is 0 Å². The van der Waals surface area contributed by atoms with Crippen LogP contribution in [0.2, 0.25) is 0 Å². The topological polar surface area (TPSA) is 21.3 Å². The van der Waals surface area contributed by atoms with Crippen LogP contribution in [0, 0.1) is 0 Å². The Kier molecular flexibility index (Phi) is 4.74. The van der Waals surface area contributed by atoms with Gasteiger partial charge in [0, 0.05) is 24.6 Å². The Morgan fingerprint density at radius 1 is 1.05 bits per heavy atom. The molecule has 1 aromatic carbocycles. The Balaban J connectivity index is 1.69. The Morgan fingerprint density at radius 3 is 2.55 bits per heavy atom. The molecule has 1 aliphatic heterocycles.